The number of ether oxygens (including phenoxy) is 1. The van der Waals surface area contributed by atoms with Crippen molar-refractivity contribution in [1.29, 1.82) is 0 Å². The fraction of sp³-hybridized carbons (Fsp3) is 0.800. The quantitative estimate of drug-likeness (QED) is 0.314. The zero-order valence-electron chi connectivity index (χ0n) is 6.08. The van der Waals surface area contributed by atoms with E-state index in [4.69, 9.17) is 20.4 Å². The van der Waals surface area contributed by atoms with Crippen molar-refractivity contribution in [3.63, 3.8) is 0 Å². The third kappa shape index (κ3) is 3.09. The normalized spacial score (nSPS) is 44.7. The van der Waals surface area contributed by atoms with E-state index in [2.05, 4.69) is 4.74 Å². The Morgan fingerprint density at radius 3 is 2.00 bits per heavy atom. The molecule has 0 amide bonds. The van der Waals surface area contributed by atoms with Crippen LogP contribution in [-0.2, 0) is 4.74 Å². The Hall–Kier alpha value is 1.61. The van der Waals surface area contributed by atoms with Crippen LogP contribution in [0.5, 0.6) is 0 Å². The molecule has 1 fully saturated rings. The zero-order chi connectivity index (χ0) is 7.72. The summed E-state index contributed by atoms with van der Waals surface area (Å²) in [6.45, 7) is 0.877. The summed E-state index contributed by atoms with van der Waals surface area (Å²) in [6, 6.07) is 0. The fourth-order valence-corrected chi connectivity index (χ4v) is 0.693. The van der Waals surface area contributed by atoms with Crippen LogP contribution >= 0.6 is 0 Å². The molecular formula is C5H9O5Rb. The minimum atomic E-state index is -1.45. The Morgan fingerprint density at radius 2 is 1.55 bits per heavy atom. The van der Waals surface area contributed by atoms with Crippen LogP contribution in [0.3, 0.4) is 0 Å². The van der Waals surface area contributed by atoms with Crippen molar-refractivity contribution in [2.24, 2.45) is 0 Å². The van der Waals surface area contributed by atoms with E-state index in [1.165, 1.54) is 0 Å². The van der Waals surface area contributed by atoms with Crippen LogP contribution in [0.4, 0.5) is 0 Å². The van der Waals surface area contributed by atoms with Gasteiger partial charge in [-0.2, -0.15) is 6.61 Å². The minimum Gasteiger partial charge on any atom is -0.525 e. The first kappa shape index (κ1) is 12.6. The molecule has 0 aromatic rings. The average molecular weight is 235 g/mol. The van der Waals surface area contributed by atoms with Gasteiger partial charge >= 0.3 is 58.2 Å². The molecule has 4 unspecified atom stereocenters. The topological polar surface area (TPSA) is 90.2 Å². The van der Waals surface area contributed by atoms with E-state index in [0.717, 1.165) is 6.61 Å². The van der Waals surface area contributed by atoms with Crippen LogP contribution in [0.2, 0.25) is 0 Å². The molecule has 0 saturated carbocycles. The zero-order valence-corrected chi connectivity index (χ0v) is 11.0. The van der Waals surface area contributed by atoms with Crippen LogP contribution in [0.25, 0.3) is 0 Å². The van der Waals surface area contributed by atoms with Gasteiger partial charge in [0, 0.05) is 0 Å². The maximum atomic E-state index is 8.85. The monoisotopic (exact) mass is 234 g/mol. The molecule has 1 heterocycles. The average Bonchev–Trinajstić information content (AvgIpc) is 1.93. The summed E-state index contributed by atoms with van der Waals surface area (Å²) in [5, 5.41) is 35.1. The summed E-state index contributed by atoms with van der Waals surface area (Å²) >= 11 is 0. The summed E-state index contributed by atoms with van der Waals surface area (Å²) in [5.74, 6) is 0. The van der Waals surface area contributed by atoms with E-state index < -0.39 is 24.6 Å². The Kier molecular flexibility index (Phi) is 6.14. The molecule has 1 saturated heterocycles. The SMILES string of the molecule is OC1[CH-]OC(O)C(O)C1O.[Rb+]. The second kappa shape index (κ2) is 5.36. The smallest absolute Gasteiger partial charge is 0.525 e. The van der Waals surface area contributed by atoms with Crippen LogP contribution in [0.15, 0.2) is 0 Å². The minimum absolute atomic E-state index is 0. The van der Waals surface area contributed by atoms with Gasteiger partial charge in [0.05, 0.1) is 6.10 Å². The molecule has 0 aliphatic carbocycles. The standard InChI is InChI=1S/C5H9O5.Rb/c6-2-1-10-5(9)4(8)3(2)7;/h1-9H;/q-1;+1. The molecule has 1 aliphatic heterocycles. The summed E-state index contributed by atoms with van der Waals surface area (Å²) in [5.41, 5.74) is 0. The number of rotatable bonds is 0. The fourth-order valence-electron chi connectivity index (χ4n) is 0.693. The van der Waals surface area contributed by atoms with E-state index in [-0.39, 0.29) is 58.2 Å². The molecule has 4 atom stereocenters. The van der Waals surface area contributed by atoms with Gasteiger partial charge in [0.25, 0.3) is 0 Å². The largest absolute Gasteiger partial charge is 1.00 e. The second-order valence-corrected chi connectivity index (χ2v) is 2.13. The third-order valence-electron chi connectivity index (χ3n) is 1.35. The first-order chi connectivity index (χ1) is 4.63. The molecular weight excluding hydrogens is 226 g/mol. The summed E-state index contributed by atoms with van der Waals surface area (Å²) in [6.07, 6.45) is -5.50. The predicted octanol–water partition coefficient (Wildman–Crippen LogP) is -5.42. The van der Waals surface area contributed by atoms with E-state index in [0.29, 0.717) is 0 Å². The van der Waals surface area contributed by atoms with Crippen molar-refractivity contribution in [2.45, 2.75) is 24.6 Å². The summed E-state index contributed by atoms with van der Waals surface area (Å²) in [7, 11) is 0. The van der Waals surface area contributed by atoms with Crippen LogP contribution in [0, 0.1) is 6.61 Å². The van der Waals surface area contributed by atoms with Gasteiger partial charge < -0.3 is 25.2 Å². The Labute approximate surface area is 113 Å². The number of aliphatic hydroxyl groups excluding tert-OH is 4. The first-order valence-electron chi connectivity index (χ1n) is 2.84. The predicted molar refractivity (Wildman–Crippen MR) is 29.4 cm³/mol. The Balaban J connectivity index is 0.000001000. The van der Waals surface area contributed by atoms with Gasteiger partial charge in [0.1, 0.15) is 6.10 Å². The van der Waals surface area contributed by atoms with E-state index in [1.807, 2.05) is 0 Å². The molecule has 6 heteroatoms. The van der Waals surface area contributed by atoms with Crippen molar-refractivity contribution in [3.8, 4) is 0 Å². The number of hydrogen-bond acceptors (Lipinski definition) is 5. The van der Waals surface area contributed by atoms with Gasteiger partial charge in [-0.05, 0) is 6.10 Å². The maximum absolute atomic E-state index is 8.85. The van der Waals surface area contributed by atoms with Gasteiger partial charge in [0.15, 0.2) is 6.29 Å². The van der Waals surface area contributed by atoms with E-state index in [9.17, 15) is 0 Å². The second-order valence-electron chi connectivity index (χ2n) is 2.13. The third-order valence-corrected chi connectivity index (χ3v) is 1.35. The van der Waals surface area contributed by atoms with Crippen molar-refractivity contribution in [2.75, 3.05) is 0 Å². The summed E-state index contributed by atoms with van der Waals surface area (Å²) < 4.78 is 4.34. The van der Waals surface area contributed by atoms with Gasteiger partial charge in [-0.1, -0.05) is 0 Å². The van der Waals surface area contributed by atoms with Crippen molar-refractivity contribution in [3.05, 3.63) is 6.61 Å². The molecule has 0 radical (unpaired) electrons. The van der Waals surface area contributed by atoms with Crippen molar-refractivity contribution >= 4 is 0 Å². The number of hydrogen-bond donors (Lipinski definition) is 4. The van der Waals surface area contributed by atoms with Gasteiger partial charge in [0.2, 0.25) is 0 Å². The molecule has 4 N–H and O–H groups in total. The summed E-state index contributed by atoms with van der Waals surface area (Å²) in [4.78, 5) is 0. The molecule has 1 aliphatic rings. The van der Waals surface area contributed by atoms with Gasteiger partial charge in [-0.25, -0.2) is 0 Å². The molecule has 0 spiro atoms. The maximum Gasteiger partial charge on any atom is 1.00 e. The van der Waals surface area contributed by atoms with Crippen molar-refractivity contribution in [1.82, 2.24) is 0 Å². The van der Waals surface area contributed by atoms with Gasteiger partial charge in [-0.15, -0.1) is 0 Å². The molecule has 5 nitrogen and oxygen atoms in total. The Bertz CT molecular complexity index is 107. The van der Waals surface area contributed by atoms with Gasteiger partial charge in [-0.3, -0.25) is 0 Å². The van der Waals surface area contributed by atoms with Crippen molar-refractivity contribution < 1.29 is 83.4 Å². The molecule has 1 rings (SSSR count). The Morgan fingerprint density at radius 1 is 1.00 bits per heavy atom. The number of aliphatic hydroxyl groups is 4. The molecule has 0 aromatic heterocycles. The molecule has 0 bridgehead atoms. The van der Waals surface area contributed by atoms with Crippen LogP contribution < -0.4 is 58.2 Å². The van der Waals surface area contributed by atoms with E-state index >= 15 is 0 Å². The van der Waals surface area contributed by atoms with E-state index in [1.54, 1.807) is 0 Å². The van der Waals surface area contributed by atoms with Crippen LogP contribution in [0.1, 0.15) is 0 Å². The molecule has 11 heavy (non-hydrogen) atoms. The molecule has 60 valence electrons. The molecule has 0 aromatic carbocycles. The van der Waals surface area contributed by atoms with Crippen LogP contribution in [-0.4, -0.2) is 45.0 Å². The first-order valence-corrected chi connectivity index (χ1v) is 2.84.